The Hall–Kier alpha value is -3.60. The number of furan rings is 1. The third-order valence-electron chi connectivity index (χ3n) is 10.1. The number of benzene rings is 2. The van der Waals surface area contributed by atoms with Crippen molar-refractivity contribution in [1.82, 2.24) is 9.97 Å². The standard InChI is InChI=1S/C32H31N2O.C13H24O2.Ir/c1-19(2)14-20-15-25-27(34-18-20)11-10-24-29-28(35-31(24)25)12-13-33-30(29)22-16-21-8-6-7-9-23(21)26(17-22)32(3,4)5;1-5-10(6-2)12(14)9-13(15)11(7-3)8-4;/h6-9,12-13,15,17-19H,10-11,14H2,1-5H3;9-11,14H,5-8H2,1-4H3;/q-1;;/b;12-9-;. The van der Waals surface area contributed by atoms with Gasteiger partial charge in [-0.1, -0.05) is 91.5 Å². The first-order chi connectivity index (χ1) is 23.9. The van der Waals surface area contributed by atoms with Gasteiger partial charge in [0, 0.05) is 72.6 Å². The molecule has 51 heavy (non-hydrogen) atoms. The zero-order valence-electron chi connectivity index (χ0n) is 31.9. The second-order valence-corrected chi connectivity index (χ2v) is 15.3. The first-order valence-corrected chi connectivity index (χ1v) is 18.7. The van der Waals surface area contributed by atoms with E-state index in [4.69, 9.17) is 14.4 Å². The number of hydrogen-bond donors (Lipinski definition) is 1. The second kappa shape index (κ2) is 17.3. The average Bonchev–Trinajstić information content (AvgIpc) is 3.48. The summed E-state index contributed by atoms with van der Waals surface area (Å²) in [6, 6.07) is 18.8. The largest absolute Gasteiger partial charge is 0.512 e. The van der Waals surface area contributed by atoms with Gasteiger partial charge in [-0.25, -0.2) is 0 Å². The molecule has 0 amide bonds. The monoisotopic (exact) mass is 864 g/mol. The van der Waals surface area contributed by atoms with Crippen molar-refractivity contribution in [3.8, 4) is 22.6 Å². The van der Waals surface area contributed by atoms with E-state index in [-0.39, 0.29) is 48.9 Å². The van der Waals surface area contributed by atoms with Crippen molar-refractivity contribution in [2.45, 2.75) is 113 Å². The first-order valence-electron chi connectivity index (χ1n) is 18.7. The summed E-state index contributed by atoms with van der Waals surface area (Å²) < 4.78 is 6.53. The van der Waals surface area contributed by atoms with E-state index in [9.17, 15) is 9.90 Å². The van der Waals surface area contributed by atoms with Crippen LogP contribution in [0.25, 0.3) is 44.3 Å². The summed E-state index contributed by atoms with van der Waals surface area (Å²) in [5.74, 6) is 2.10. The molecule has 1 aliphatic rings. The number of hydrogen-bond acceptors (Lipinski definition) is 5. The smallest absolute Gasteiger partial charge is 0.162 e. The molecule has 5 aromatic rings. The van der Waals surface area contributed by atoms with Gasteiger partial charge in [0.2, 0.25) is 0 Å². The van der Waals surface area contributed by atoms with E-state index in [1.54, 1.807) is 0 Å². The Labute approximate surface area is 318 Å². The summed E-state index contributed by atoms with van der Waals surface area (Å²) in [6.07, 6.45) is 11.7. The molecule has 0 saturated carbocycles. The molecule has 6 rings (SSSR count). The van der Waals surface area contributed by atoms with Crippen molar-refractivity contribution in [3.63, 3.8) is 0 Å². The van der Waals surface area contributed by atoms with Crippen LogP contribution >= 0.6 is 0 Å². The van der Waals surface area contributed by atoms with Gasteiger partial charge >= 0.3 is 0 Å². The van der Waals surface area contributed by atoms with Crippen LogP contribution in [0.4, 0.5) is 0 Å². The van der Waals surface area contributed by atoms with Crippen LogP contribution in [0.5, 0.6) is 0 Å². The topological polar surface area (TPSA) is 76.2 Å². The van der Waals surface area contributed by atoms with Crippen molar-refractivity contribution >= 4 is 27.5 Å². The molecule has 3 aromatic heterocycles. The van der Waals surface area contributed by atoms with Gasteiger partial charge in [-0.2, -0.15) is 0 Å². The van der Waals surface area contributed by atoms with E-state index < -0.39 is 0 Å². The van der Waals surface area contributed by atoms with Crippen LogP contribution in [0.2, 0.25) is 0 Å². The number of carbonyl (C=O) groups is 1. The number of nitrogens with zero attached hydrogens (tertiary/aromatic N) is 2. The van der Waals surface area contributed by atoms with E-state index in [0.717, 1.165) is 89.6 Å². The van der Waals surface area contributed by atoms with Crippen LogP contribution in [-0.2, 0) is 49.6 Å². The van der Waals surface area contributed by atoms with Crippen LogP contribution in [-0.4, -0.2) is 20.9 Å². The Morgan fingerprint density at radius 1 is 0.961 bits per heavy atom. The molecule has 0 atom stereocenters. The number of aromatic nitrogens is 2. The third-order valence-corrected chi connectivity index (χ3v) is 10.1. The SMILES string of the molecule is CC(C)Cc1cnc2c(c1)-c1oc3ccnc(-c4[c-]c5ccccc5c(C(C)(C)C)c4)c3c1CC2.CCC(CC)C(=O)/C=C(\O)C(CC)CC.[Ir]. The number of carbonyl (C=O) groups excluding carboxylic acids is 1. The molecule has 0 aliphatic heterocycles. The number of rotatable bonds is 10. The normalized spacial score (nSPS) is 12.9. The molecule has 0 unspecified atom stereocenters. The van der Waals surface area contributed by atoms with Crippen LogP contribution in [0.15, 0.2) is 71.1 Å². The Morgan fingerprint density at radius 3 is 2.29 bits per heavy atom. The first kappa shape index (κ1) is 40.2. The molecule has 3 heterocycles. The maximum atomic E-state index is 11.7. The average molecular weight is 864 g/mol. The van der Waals surface area contributed by atoms with E-state index in [1.165, 1.54) is 28.2 Å². The Morgan fingerprint density at radius 2 is 1.65 bits per heavy atom. The minimum atomic E-state index is 0. The number of ketones is 1. The maximum absolute atomic E-state index is 11.7. The van der Waals surface area contributed by atoms with Gasteiger partial charge in [0.25, 0.3) is 0 Å². The summed E-state index contributed by atoms with van der Waals surface area (Å²) in [5.41, 5.74) is 8.98. The zero-order valence-corrected chi connectivity index (χ0v) is 34.3. The van der Waals surface area contributed by atoms with Gasteiger partial charge in [0.1, 0.15) is 11.3 Å². The third kappa shape index (κ3) is 8.90. The fourth-order valence-electron chi connectivity index (χ4n) is 7.28. The molecule has 0 saturated heterocycles. The molecule has 2 aromatic carbocycles. The minimum absolute atomic E-state index is 0. The number of aryl methyl sites for hydroxylation is 2. The number of aliphatic hydroxyl groups is 1. The molecule has 0 spiro atoms. The van der Waals surface area contributed by atoms with Gasteiger partial charge in [-0.15, -0.1) is 29.1 Å². The predicted molar refractivity (Wildman–Crippen MR) is 208 cm³/mol. The van der Waals surface area contributed by atoms with Crippen molar-refractivity contribution in [3.05, 3.63) is 95.1 Å². The molecule has 1 N–H and O–H groups in total. The molecule has 1 radical (unpaired) electrons. The number of aliphatic hydroxyl groups excluding tert-OH is 1. The quantitative estimate of drug-likeness (QED) is 0.0860. The predicted octanol–water partition coefficient (Wildman–Crippen LogP) is 12.0. The van der Waals surface area contributed by atoms with Gasteiger partial charge in [-0.05, 0) is 74.0 Å². The second-order valence-electron chi connectivity index (χ2n) is 15.3. The Balaban J connectivity index is 0.000000312. The molecular formula is C45H55IrN2O3-. The number of fused-ring (bicyclic) bond motifs is 6. The van der Waals surface area contributed by atoms with Crippen molar-refractivity contribution < 1.29 is 34.4 Å². The maximum Gasteiger partial charge on any atom is 0.162 e. The zero-order chi connectivity index (χ0) is 36.2. The van der Waals surface area contributed by atoms with Gasteiger partial charge in [0.15, 0.2) is 5.78 Å². The molecule has 6 heteroatoms. The molecule has 1 aliphatic carbocycles. The fraction of sp³-hybridized carbons (Fsp3) is 0.444. The molecule has 273 valence electrons. The fourth-order valence-corrected chi connectivity index (χ4v) is 7.28. The summed E-state index contributed by atoms with van der Waals surface area (Å²) >= 11 is 0. The van der Waals surface area contributed by atoms with Gasteiger partial charge in [0.05, 0.1) is 11.5 Å². The number of pyridine rings is 2. The van der Waals surface area contributed by atoms with Gasteiger partial charge < -0.3 is 9.52 Å². The van der Waals surface area contributed by atoms with Crippen molar-refractivity contribution in [1.29, 1.82) is 0 Å². The minimum Gasteiger partial charge on any atom is -0.512 e. The summed E-state index contributed by atoms with van der Waals surface area (Å²) in [4.78, 5) is 21.4. The summed E-state index contributed by atoms with van der Waals surface area (Å²) in [7, 11) is 0. The van der Waals surface area contributed by atoms with E-state index in [2.05, 4.69) is 77.1 Å². The molecule has 5 nitrogen and oxygen atoms in total. The van der Waals surface area contributed by atoms with E-state index >= 15 is 0 Å². The van der Waals surface area contributed by atoms with Gasteiger partial charge in [-0.3, -0.25) is 14.8 Å². The van der Waals surface area contributed by atoms with Crippen LogP contribution in [0.3, 0.4) is 0 Å². The van der Waals surface area contributed by atoms with Crippen molar-refractivity contribution in [2.24, 2.45) is 17.8 Å². The molecule has 0 fully saturated rings. The molecule has 0 bridgehead atoms. The Kier molecular flexibility index (Phi) is 13.6. The van der Waals surface area contributed by atoms with Crippen LogP contribution < -0.4 is 0 Å². The summed E-state index contributed by atoms with van der Waals surface area (Å²) in [5, 5.41) is 13.3. The van der Waals surface area contributed by atoms with Crippen molar-refractivity contribution in [2.75, 3.05) is 0 Å². The van der Waals surface area contributed by atoms with Crippen LogP contribution in [0.1, 0.15) is 110 Å². The molecular weight excluding hydrogens is 809 g/mol. The number of allylic oxidation sites excluding steroid dienone is 2. The Bertz CT molecular complexity index is 1990. The van der Waals surface area contributed by atoms with E-state index in [0.29, 0.717) is 5.92 Å². The summed E-state index contributed by atoms with van der Waals surface area (Å²) in [6.45, 7) is 19.4. The van der Waals surface area contributed by atoms with Crippen LogP contribution in [0, 0.1) is 23.8 Å². The van der Waals surface area contributed by atoms with E-state index in [1.807, 2.05) is 46.2 Å².